The summed E-state index contributed by atoms with van der Waals surface area (Å²) in [6.45, 7) is 5.88. The molecule has 2 aromatic rings. The number of hydrogen-bond donors (Lipinski definition) is 0. The van der Waals surface area contributed by atoms with Crippen molar-refractivity contribution < 1.29 is 0 Å². The van der Waals surface area contributed by atoms with E-state index in [9.17, 15) is 0 Å². The Labute approximate surface area is 77.1 Å². The standard InChI is InChI=1S/C7H6N4.C2H6/c1-5-2-9-6-3-8-4-10-7(6)11-5;1-2/h2-4H,1H3;1-2H3. The first-order valence-electron chi connectivity index (χ1n) is 4.25. The van der Waals surface area contributed by atoms with Crippen LogP contribution < -0.4 is 0 Å². The topological polar surface area (TPSA) is 51.6 Å². The van der Waals surface area contributed by atoms with E-state index in [2.05, 4.69) is 19.9 Å². The van der Waals surface area contributed by atoms with Gasteiger partial charge >= 0.3 is 0 Å². The molecule has 0 aromatic carbocycles. The van der Waals surface area contributed by atoms with Crippen LogP contribution in [0.4, 0.5) is 0 Å². The average Bonchev–Trinajstić information content (AvgIpc) is 2.21. The van der Waals surface area contributed by atoms with E-state index in [1.54, 1.807) is 12.4 Å². The van der Waals surface area contributed by atoms with E-state index >= 15 is 0 Å². The molecule has 2 aromatic heterocycles. The van der Waals surface area contributed by atoms with E-state index in [1.807, 2.05) is 20.8 Å². The summed E-state index contributed by atoms with van der Waals surface area (Å²) < 4.78 is 0. The molecular formula is C9H12N4. The summed E-state index contributed by atoms with van der Waals surface area (Å²) >= 11 is 0. The van der Waals surface area contributed by atoms with Gasteiger partial charge in [0.05, 0.1) is 11.9 Å². The SMILES string of the molecule is CC.Cc1cnc2cncnc2n1. The maximum absolute atomic E-state index is 4.16. The molecule has 0 aliphatic heterocycles. The van der Waals surface area contributed by atoms with Crippen LogP contribution in [-0.2, 0) is 0 Å². The fourth-order valence-corrected chi connectivity index (χ4v) is 0.852. The zero-order valence-corrected chi connectivity index (χ0v) is 8.02. The van der Waals surface area contributed by atoms with Gasteiger partial charge in [-0.2, -0.15) is 0 Å². The summed E-state index contributed by atoms with van der Waals surface area (Å²) in [4.78, 5) is 16.0. The second kappa shape index (κ2) is 4.45. The molecule has 13 heavy (non-hydrogen) atoms. The molecule has 68 valence electrons. The number of rotatable bonds is 0. The smallest absolute Gasteiger partial charge is 0.181 e. The molecule has 0 amide bonds. The number of hydrogen-bond acceptors (Lipinski definition) is 4. The van der Waals surface area contributed by atoms with Crippen LogP contribution in [-0.4, -0.2) is 19.9 Å². The number of fused-ring (bicyclic) bond motifs is 1. The summed E-state index contributed by atoms with van der Waals surface area (Å²) in [6.07, 6.45) is 4.82. The van der Waals surface area contributed by atoms with Gasteiger partial charge in [0.1, 0.15) is 11.8 Å². The van der Waals surface area contributed by atoms with Crippen LogP contribution in [0.2, 0.25) is 0 Å². The van der Waals surface area contributed by atoms with Gasteiger partial charge in [-0.3, -0.25) is 0 Å². The summed E-state index contributed by atoms with van der Waals surface area (Å²) in [6, 6.07) is 0. The van der Waals surface area contributed by atoms with Crippen molar-refractivity contribution in [3.05, 3.63) is 24.4 Å². The fraction of sp³-hybridized carbons (Fsp3) is 0.333. The Morgan fingerprint density at radius 3 is 2.62 bits per heavy atom. The Hall–Kier alpha value is -1.58. The second-order valence-corrected chi connectivity index (χ2v) is 2.24. The molecule has 0 atom stereocenters. The molecule has 0 radical (unpaired) electrons. The van der Waals surface area contributed by atoms with Gasteiger partial charge in [-0.1, -0.05) is 13.8 Å². The van der Waals surface area contributed by atoms with Gasteiger partial charge in [0.2, 0.25) is 0 Å². The van der Waals surface area contributed by atoms with Crippen molar-refractivity contribution in [2.75, 3.05) is 0 Å². The largest absolute Gasteiger partial charge is 0.249 e. The normalized spacial score (nSPS) is 9.15. The summed E-state index contributed by atoms with van der Waals surface area (Å²) in [7, 11) is 0. The molecule has 0 aliphatic rings. The molecule has 2 rings (SSSR count). The van der Waals surface area contributed by atoms with Crippen LogP contribution in [0.5, 0.6) is 0 Å². The molecule has 2 heterocycles. The van der Waals surface area contributed by atoms with E-state index in [0.717, 1.165) is 11.2 Å². The van der Waals surface area contributed by atoms with Crippen molar-refractivity contribution >= 4 is 11.2 Å². The first-order chi connectivity index (χ1) is 6.36. The number of nitrogens with zero attached hydrogens (tertiary/aromatic N) is 4. The molecule has 4 heteroatoms. The van der Waals surface area contributed by atoms with Gasteiger partial charge in [0, 0.05) is 6.20 Å². The molecule has 0 saturated carbocycles. The van der Waals surface area contributed by atoms with Crippen LogP contribution in [0.15, 0.2) is 18.7 Å². The minimum atomic E-state index is 0.653. The minimum Gasteiger partial charge on any atom is -0.249 e. The van der Waals surface area contributed by atoms with Gasteiger partial charge in [0.25, 0.3) is 0 Å². The van der Waals surface area contributed by atoms with Crippen LogP contribution in [0.25, 0.3) is 11.2 Å². The lowest BCUT2D eigenvalue weighted by atomic mass is 10.4. The third-order valence-corrected chi connectivity index (χ3v) is 1.35. The van der Waals surface area contributed by atoms with Crippen molar-refractivity contribution in [2.45, 2.75) is 20.8 Å². The van der Waals surface area contributed by atoms with E-state index in [1.165, 1.54) is 6.33 Å². The highest BCUT2D eigenvalue weighted by Gasteiger charge is 1.94. The van der Waals surface area contributed by atoms with Crippen molar-refractivity contribution in [3.63, 3.8) is 0 Å². The minimum absolute atomic E-state index is 0.653. The van der Waals surface area contributed by atoms with Crippen molar-refractivity contribution in [1.29, 1.82) is 0 Å². The van der Waals surface area contributed by atoms with Crippen molar-refractivity contribution in [2.24, 2.45) is 0 Å². The van der Waals surface area contributed by atoms with Crippen LogP contribution >= 0.6 is 0 Å². The van der Waals surface area contributed by atoms with Gasteiger partial charge in [-0.05, 0) is 6.92 Å². The molecule has 0 spiro atoms. The highest BCUT2D eigenvalue weighted by molar-refractivity contribution is 5.67. The Kier molecular flexibility index (Phi) is 3.25. The lowest BCUT2D eigenvalue weighted by Gasteiger charge is -1.93. The van der Waals surface area contributed by atoms with Gasteiger partial charge in [-0.15, -0.1) is 0 Å². The predicted molar refractivity (Wildman–Crippen MR) is 51.2 cm³/mol. The van der Waals surface area contributed by atoms with Crippen LogP contribution in [0.3, 0.4) is 0 Å². The van der Waals surface area contributed by atoms with Crippen molar-refractivity contribution in [1.82, 2.24) is 19.9 Å². The molecule has 4 nitrogen and oxygen atoms in total. The molecular weight excluding hydrogens is 164 g/mol. The quantitative estimate of drug-likeness (QED) is 0.613. The van der Waals surface area contributed by atoms with Crippen LogP contribution in [0.1, 0.15) is 19.5 Å². The Bertz CT molecular complexity index is 386. The summed E-state index contributed by atoms with van der Waals surface area (Å²) in [5.74, 6) is 0. The highest BCUT2D eigenvalue weighted by atomic mass is 14.9. The monoisotopic (exact) mass is 176 g/mol. The maximum Gasteiger partial charge on any atom is 0.181 e. The fourth-order valence-electron chi connectivity index (χ4n) is 0.852. The lowest BCUT2D eigenvalue weighted by Crippen LogP contribution is -1.90. The summed E-state index contributed by atoms with van der Waals surface area (Å²) in [5.41, 5.74) is 2.26. The Morgan fingerprint density at radius 2 is 1.85 bits per heavy atom. The maximum atomic E-state index is 4.16. The highest BCUT2D eigenvalue weighted by Crippen LogP contribution is 2.01. The third kappa shape index (κ3) is 2.18. The van der Waals surface area contributed by atoms with Gasteiger partial charge in [-0.25, -0.2) is 19.9 Å². The van der Waals surface area contributed by atoms with E-state index in [-0.39, 0.29) is 0 Å². The van der Waals surface area contributed by atoms with Crippen molar-refractivity contribution in [3.8, 4) is 0 Å². The third-order valence-electron chi connectivity index (χ3n) is 1.35. The first-order valence-corrected chi connectivity index (χ1v) is 4.25. The molecule has 0 saturated heterocycles. The first kappa shape index (κ1) is 9.51. The summed E-state index contributed by atoms with van der Waals surface area (Å²) in [5, 5.41) is 0. The second-order valence-electron chi connectivity index (χ2n) is 2.24. The Morgan fingerprint density at radius 1 is 1.08 bits per heavy atom. The van der Waals surface area contributed by atoms with Gasteiger partial charge in [0.15, 0.2) is 5.65 Å². The molecule has 0 unspecified atom stereocenters. The number of aromatic nitrogens is 4. The lowest BCUT2D eigenvalue weighted by molar-refractivity contribution is 1.11. The predicted octanol–water partition coefficient (Wildman–Crippen LogP) is 1.75. The van der Waals surface area contributed by atoms with E-state index in [4.69, 9.17) is 0 Å². The molecule has 0 aliphatic carbocycles. The van der Waals surface area contributed by atoms with Gasteiger partial charge < -0.3 is 0 Å². The van der Waals surface area contributed by atoms with E-state index < -0.39 is 0 Å². The average molecular weight is 176 g/mol. The molecule has 0 bridgehead atoms. The molecule has 0 fully saturated rings. The Balaban J connectivity index is 0.000000396. The number of aryl methyl sites for hydroxylation is 1. The molecule has 0 N–H and O–H groups in total. The van der Waals surface area contributed by atoms with E-state index in [0.29, 0.717) is 5.65 Å². The zero-order chi connectivity index (χ0) is 9.68. The zero-order valence-electron chi connectivity index (χ0n) is 8.02. The van der Waals surface area contributed by atoms with Crippen LogP contribution in [0, 0.1) is 6.92 Å².